The van der Waals surface area contributed by atoms with Crippen molar-refractivity contribution in [3.05, 3.63) is 194 Å². The molecule has 0 saturated carbocycles. The third-order valence-electron chi connectivity index (χ3n) is 12.1. The quantitative estimate of drug-likeness (QED) is 0.175. The van der Waals surface area contributed by atoms with E-state index in [2.05, 4.69) is 203 Å². The molecule has 9 aromatic carbocycles. The first-order chi connectivity index (χ1) is 28.7. The zero-order valence-corrected chi connectivity index (χ0v) is 32.0. The van der Waals surface area contributed by atoms with Crippen LogP contribution in [0.4, 0.5) is 0 Å². The number of rotatable bonds is 4. The van der Waals surface area contributed by atoms with Gasteiger partial charge in [0, 0.05) is 63.9 Å². The molecule has 58 heavy (non-hydrogen) atoms. The Morgan fingerprint density at radius 1 is 0.293 bits per heavy atom. The van der Waals surface area contributed by atoms with Crippen molar-refractivity contribution in [2.24, 2.45) is 0 Å². The molecule has 270 valence electrons. The number of para-hydroxylation sites is 4. The van der Waals surface area contributed by atoms with E-state index in [1.807, 2.05) is 11.3 Å². The van der Waals surface area contributed by atoms with E-state index in [9.17, 15) is 0 Å². The van der Waals surface area contributed by atoms with Crippen LogP contribution in [0.3, 0.4) is 0 Å². The summed E-state index contributed by atoms with van der Waals surface area (Å²) in [6.07, 6.45) is 0. The molecule has 4 heterocycles. The van der Waals surface area contributed by atoms with Crippen LogP contribution in [0.15, 0.2) is 199 Å². The summed E-state index contributed by atoms with van der Waals surface area (Å²) in [6, 6.07) is 70.8. The predicted molar refractivity (Wildman–Crippen MR) is 246 cm³/mol. The van der Waals surface area contributed by atoms with E-state index in [1.54, 1.807) is 0 Å². The highest BCUT2D eigenvalue weighted by Crippen LogP contribution is 2.41. The van der Waals surface area contributed by atoms with Crippen LogP contribution in [0.1, 0.15) is 0 Å². The number of fused-ring (bicyclic) bond motifs is 12. The van der Waals surface area contributed by atoms with E-state index in [1.165, 1.54) is 86.2 Å². The molecule has 0 saturated heterocycles. The standard InChI is InChI=1S/C54H32N2OS/c1-5-16-47-39(12-1)40-13-2-6-17-48(40)55(47)37-22-25-52-44(31-37)43-29-35(20-24-51(43)57-52)33-10-9-11-34(28-33)36-21-26-53-45(30-36)46-32-38(23-27-54(46)58-53)56-49-18-7-3-14-41(49)42-15-4-8-19-50(42)56/h1-32H. The van der Waals surface area contributed by atoms with Crippen LogP contribution in [0.5, 0.6) is 0 Å². The maximum Gasteiger partial charge on any atom is 0.135 e. The Hall–Kier alpha value is -7.40. The highest BCUT2D eigenvalue weighted by atomic mass is 32.1. The van der Waals surface area contributed by atoms with Crippen LogP contribution < -0.4 is 0 Å². The smallest absolute Gasteiger partial charge is 0.135 e. The Morgan fingerprint density at radius 2 is 0.690 bits per heavy atom. The van der Waals surface area contributed by atoms with E-state index >= 15 is 0 Å². The summed E-state index contributed by atoms with van der Waals surface area (Å²) in [6.45, 7) is 0. The van der Waals surface area contributed by atoms with Gasteiger partial charge in [-0.1, -0.05) is 103 Å². The van der Waals surface area contributed by atoms with Gasteiger partial charge in [0.1, 0.15) is 11.2 Å². The van der Waals surface area contributed by atoms with E-state index in [-0.39, 0.29) is 0 Å². The van der Waals surface area contributed by atoms with Gasteiger partial charge < -0.3 is 13.6 Å². The fourth-order valence-electron chi connectivity index (χ4n) is 9.45. The fourth-order valence-corrected chi connectivity index (χ4v) is 10.5. The van der Waals surface area contributed by atoms with E-state index in [4.69, 9.17) is 4.42 Å². The average molecular weight is 757 g/mol. The minimum Gasteiger partial charge on any atom is -0.456 e. The van der Waals surface area contributed by atoms with Gasteiger partial charge in [-0.05, 0) is 113 Å². The van der Waals surface area contributed by atoms with Crippen LogP contribution >= 0.6 is 11.3 Å². The van der Waals surface area contributed by atoms with Crippen molar-refractivity contribution in [1.82, 2.24) is 9.13 Å². The second kappa shape index (κ2) is 12.1. The van der Waals surface area contributed by atoms with Crippen molar-refractivity contribution in [3.63, 3.8) is 0 Å². The monoisotopic (exact) mass is 756 g/mol. The van der Waals surface area contributed by atoms with Crippen molar-refractivity contribution < 1.29 is 4.42 Å². The molecule has 3 nitrogen and oxygen atoms in total. The lowest BCUT2D eigenvalue weighted by molar-refractivity contribution is 0.669. The van der Waals surface area contributed by atoms with Crippen molar-refractivity contribution in [1.29, 1.82) is 0 Å². The normalized spacial score (nSPS) is 12.1. The summed E-state index contributed by atoms with van der Waals surface area (Å²) in [7, 11) is 0. The molecule has 0 atom stereocenters. The van der Waals surface area contributed by atoms with Crippen molar-refractivity contribution in [3.8, 4) is 33.6 Å². The highest BCUT2D eigenvalue weighted by Gasteiger charge is 2.17. The Kier molecular flexibility index (Phi) is 6.60. The third-order valence-corrected chi connectivity index (χ3v) is 13.3. The summed E-state index contributed by atoms with van der Waals surface area (Å²) < 4.78 is 13.8. The molecule has 0 spiro atoms. The van der Waals surface area contributed by atoms with Crippen molar-refractivity contribution in [2.45, 2.75) is 0 Å². The Bertz CT molecular complexity index is 3460. The fraction of sp³-hybridized carbons (Fsp3) is 0. The second-order valence-electron chi connectivity index (χ2n) is 15.3. The molecule has 0 bridgehead atoms. The maximum absolute atomic E-state index is 6.42. The Balaban J connectivity index is 0.909. The number of aromatic nitrogens is 2. The molecular formula is C54H32N2OS. The SMILES string of the molecule is c1cc(-c2ccc3oc4ccc(-n5c6ccccc6c6ccccc65)cc4c3c2)cc(-c2ccc3sc4ccc(-n5c6ccccc6c6ccccc65)cc4c3c2)c1. The van der Waals surface area contributed by atoms with Gasteiger partial charge in [0.2, 0.25) is 0 Å². The molecule has 13 rings (SSSR count). The Labute approximate surface area is 336 Å². The summed E-state index contributed by atoms with van der Waals surface area (Å²) in [5, 5.41) is 9.87. The summed E-state index contributed by atoms with van der Waals surface area (Å²) in [5.74, 6) is 0. The van der Waals surface area contributed by atoms with Crippen molar-refractivity contribution in [2.75, 3.05) is 0 Å². The summed E-state index contributed by atoms with van der Waals surface area (Å²) in [4.78, 5) is 0. The largest absolute Gasteiger partial charge is 0.456 e. The number of hydrogen-bond acceptors (Lipinski definition) is 2. The number of nitrogens with zero attached hydrogens (tertiary/aromatic N) is 2. The number of thiophene rings is 1. The van der Waals surface area contributed by atoms with Gasteiger partial charge in [0.05, 0.1) is 22.1 Å². The second-order valence-corrected chi connectivity index (χ2v) is 16.4. The van der Waals surface area contributed by atoms with Gasteiger partial charge in [-0.3, -0.25) is 0 Å². The zero-order chi connectivity index (χ0) is 37.9. The molecule has 0 fully saturated rings. The number of benzene rings is 9. The minimum absolute atomic E-state index is 0.892. The molecule has 0 radical (unpaired) electrons. The summed E-state index contributed by atoms with van der Waals surface area (Å²) in [5.41, 5.74) is 13.7. The van der Waals surface area contributed by atoms with Gasteiger partial charge in [0.25, 0.3) is 0 Å². The van der Waals surface area contributed by atoms with E-state index in [0.717, 1.165) is 33.2 Å². The zero-order valence-electron chi connectivity index (χ0n) is 31.2. The topological polar surface area (TPSA) is 23.0 Å². The molecule has 0 aliphatic rings. The van der Waals surface area contributed by atoms with Crippen LogP contribution in [0.2, 0.25) is 0 Å². The first-order valence-electron chi connectivity index (χ1n) is 19.7. The van der Waals surface area contributed by atoms with Crippen LogP contribution in [0, 0.1) is 0 Å². The first-order valence-corrected chi connectivity index (χ1v) is 20.6. The minimum atomic E-state index is 0.892. The van der Waals surface area contributed by atoms with Crippen LogP contribution in [-0.4, -0.2) is 9.13 Å². The third kappa shape index (κ3) is 4.61. The molecule has 0 amide bonds. The molecule has 4 heteroatoms. The lowest BCUT2D eigenvalue weighted by Crippen LogP contribution is -1.93. The molecule has 4 aromatic heterocycles. The van der Waals surface area contributed by atoms with Gasteiger partial charge in [-0.15, -0.1) is 11.3 Å². The lowest BCUT2D eigenvalue weighted by Gasteiger charge is -2.09. The molecule has 0 N–H and O–H groups in total. The lowest BCUT2D eigenvalue weighted by atomic mass is 9.97. The van der Waals surface area contributed by atoms with Crippen LogP contribution in [-0.2, 0) is 0 Å². The van der Waals surface area contributed by atoms with Crippen LogP contribution in [0.25, 0.3) is 119 Å². The number of furan rings is 1. The highest BCUT2D eigenvalue weighted by molar-refractivity contribution is 7.25. The van der Waals surface area contributed by atoms with E-state index in [0.29, 0.717) is 0 Å². The van der Waals surface area contributed by atoms with E-state index < -0.39 is 0 Å². The van der Waals surface area contributed by atoms with Gasteiger partial charge in [0.15, 0.2) is 0 Å². The molecular weight excluding hydrogens is 725 g/mol. The number of hydrogen-bond donors (Lipinski definition) is 0. The first kappa shape index (κ1) is 31.8. The Morgan fingerprint density at radius 3 is 1.26 bits per heavy atom. The predicted octanol–water partition coefficient (Wildman–Crippen LogP) is 15.5. The molecule has 0 aliphatic carbocycles. The van der Waals surface area contributed by atoms with Gasteiger partial charge in [-0.2, -0.15) is 0 Å². The average Bonchev–Trinajstić information content (AvgIpc) is 4.03. The van der Waals surface area contributed by atoms with Gasteiger partial charge in [-0.25, -0.2) is 0 Å². The molecule has 0 aliphatic heterocycles. The summed E-state index contributed by atoms with van der Waals surface area (Å²) >= 11 is 1.86. The van der Waals surface area contributed by atoms with Gasteiger partial charge >= 0.3 is 0 Å². The maximum atomic E-state index is 6.42. The molecule has 0 unspecified atom stereocenters. The van der Waals surface area contributed by atoms with Crippen molar-refractivity contribution >= 4 is 97.1 Å². The molecule has 13 aromatic rings.